The second-order valence-corrected chi connectivity index (χ2v) is 3.92. The molecule has 2 saturated heterocycles. The number of allylic oxidation sites excluding steroid dienone is 1. The Morgan fingerprint density at radius 3 is 2.42 bits per heavy atom. The summed E-state index contributed by atoms with van der Waals surface area (Å²) in [6, 6.07) is 1.44. The van der Waals surface area contributed by atoms with Crippen molar-refractivity contribution in [1.82, 2.24) is 4.90 Å². The molecule has 0 amide bonds. The quantitative estimate of drug-likeness (QED) is 0.432. The van der Waals surface area contributed by atoms with Gasteiger partial charge in [-0.2, -0.15) is 0 Å². The Balaban J connectivity index is 2.12. The van der Waals surface area contributed by atoms with E-state index in [1.807, 2.05) is 0 Å². The molecule has 2 fully saturated rings. The van der Waals surface area contributed by atoms with Gasteiger partial charge >= 0.3 is 0 Å². The molecule has 2 atom stereocenters. The average Bonchev–Trinajstić information content (AvgIpc) is 2.33. The molecule has 2 rings (SSSR count). The molecule has 2 nitrogen and oxygen atoms in total. The maximum Gasteiger partial charge on any atom is 0.142 e. The molecule has 0 N–H and O–H groups in total. The molecule has 2 heteroatoms. The third kappa shape index (κ3) is 1.20. The van der Waals surface area contributed by atoms with E-state index in [0.29, 0.717) is 0 Å². The zero-order valence-electron chi connectivity index (χ0n) is 7.49. The number of rotatable bonds is 1. The smallest absolute Gasteiger partial charge is 0.142 e. The van der Waals surface area contributed by atoms with E-state index >= 15 is 0 Å². The van der Waals surface area contributed by atoms with E-state index < -0.39 is 0 Å². The summed E-state index contributed by atoms with van der Waals surface area (Å²) in [5.41, 5.74) is 1.36. The lowest BCUT2D eigenvalue weighted by Gasteiger charge is -2.32. The van der Waals surface area contributed by atoms with Gasteiger partial charge in [0.1, 0.15) is 6.29 Å². The predicted molar refractivity (Wildman–Crippen MR) is 48.0 cm³/mol. The van der Waals surface area contributed by atoms with Gasteiger partial charge in [-0.05, 0) is 38.8 Å². The molecule has 2 heterocycles. The van der Waals surface area contributed by atoms with E-state index in [1.54, 1.807) is 6.08 Å². The van der Waals surface area contributed by atoms with Gasteiger partial charge in [-0.1, -0.05) is 5.57 Å². The zero-order chi connectivity index (χ0) is 8.55. The van der Waals surface area contributed by atoms with Crippen molar-refractivity contribution in [1.29, 1.82) is 0 Å². The minimum atomic E-state index is 0.718. The van der Waals surface area contributed by atoms with Crippen molar-refractivity contribution in [2.45, 2.75) is 37.8 Å². The van der Waals surface area contributed by atoms with Crippen LogP contribution in [0.15, 0.2) is 11.6 Å². The second kappa shape index (κ2) is 3.02. The number of piperidine rings is 1. The molecule has 2 aliphatic rings. The van der Waals surface area contributed by atoms with Crippen LogP contribution in [-0.2, 0) is 4.79 Å². The summed E-state index contributed by atoms with van der Waals surface area (Å²) >= 11 is 0. The third-order valence-corrected chi connectivity index (χ3v) is 3.28. The molecule has 2 unspecified atom stereocenters. The Morgan fingerprint density at radius 2 is 1.92 bits per heavy atom. The summed E-state index contributed by atoms with van der Waals surface area (Å²) in [5, 5.41) is 0. The number of carbonyl (C=O) groups is 1. The Labute approximate surface area is 73.2 Å². The van der Waals surface area contributed by atoms with Gasteiger partial charge < -0.3 is 0 Å². The molecule has 0 aromatic heterocycles. The van der Waals surface area contributed by atoms with Gasteiger partial charge in [0.2, 0.25) is 0 Å². The van der Waals surface area contributed by atoms with Gasteiger partial charge in [0.05, 0.1) is 0 Å². The van der Waals surface area contributed by atoms with Crippen molar-refractivity contribution >= 4 is 6.29 Å². The van der Waals surface area contributed by atoms with Crippen LogP contribution >= 0.6 is 0 Å². The molecule has 0 aliphatic carbocycles. The largest absolute Gasteiger partial charge is 0.300 e. The van der Waals surface area contributed by atoms with Crippen molar-refractivity contribution in [3.8, 4) is 0 Å². The predicted octanol–water partition coefficient (Wildman–Crippen LogP) is 1.37. The van der Waals surface area contributed by atoms with Gasteiger partial charge in [0.25, 0.3) is 0 Å². The fraction of sp³-hybridized carbons (Fsp3) is 0.700. The number of aldehydes is 1. The van der Waals surface area contributed by atoms with E-state index in [9.17, 15) is 4.79 Å². The van der Waals surface area contributed by atoms with E-state index in [0.717, 1.165) is 31.2 Å². The first kappa shape index (κ1) is 7.99. The summed E-state index contributed by atoms with van der Waals surface area (Å²) in [5.74, 6) is 0. The van der Waals surface area contributed by atoms with Crippen molar-refractivity contribution < 1.29 is 4.79 Å². The highest BCUT2D eigenvalue weighted by atomic mass is 16.1. The van der Waals surface area contributed by atoms with Crippen LogP contribution in [0.2, 0.25) is 0 Å². The molecule has 2 bridgehead atoms. The highest BCUT2D eigenvalue weighted by molar-refractivity contribution is 5.66. The number of carbonyl (C=O) groups excluding carboxylic acids is 1. The van der Waals surface area contributed by atoms with Crippen molar-refractivity contribution in [2.75, 3.05) is 7.05 Å². The monoisotopic (exact) mass is 165 g/mol. The lowest BCUT2D eigenvalue weighted by molar-refractivity contribution is -0.104. The fourth-order valence-electron chi connectivity index (χ4n) is 2.50. The fourth-order valence-corrected chi connectivity index (χ4v) is 2.50. The summed E-state index contributed by atoms with van der Waals surface area (Å²) < 4.78 is 0. The summed E-state index contributed by atoms with van der Waals surface area (Å²) in [4.78, 5) is 12.8. The number of hydrogen-bond acceptors (Lipinski definition) is 2. The Morgan fingerprint density at radius 1 is 1.33 bits per heavy atom. The van der Waals surface area contributed by atoms with Crippen molar-refractivity contribution in [3.05, 3.63) is 11.6 Å². The van der Waals surface area contributed by atoms with E-state index in [2.05, 4.69) is 11.9 Å². The van der Waals surface area contributed by atoms with Gasteiger partial charge in [-0.3, -0.25) is 9.69 Å². The molecule has 0 aromatic carbocycles. The molecule has 66 valence electrons. The lowest BCUT2D eigenvalue weighted by atomic mass is 9.97. The first-order valence-electron chi connectivity index (χ1n) is 4.66. The van der Waals surface area contributed by atoms with Crippen LogP contribution < -0.4 is 0 Å². The highest BCUT2D eigenvalue weighted by Crippen LogP contribution is 2.36. The second-order valence-electron chi connectivity index (χ2n) is 3.92. The number of fused-ring (bicyclic) bond motifs is 2. The van der Waals surface area contributed by atoms with Gasteiger partial charge in [-0.25, -0.2) is 0 Å². The Bertz CT molecular complexity index is 206. The SMILES string of the molecule is CN1C2CCC1CC(=CC=O)C2. The van der Waals surface area contributed by atoms with Crippen molar-refractivity contribution in [3.63, 3.8) is 0 Å². The van der Waals surface area contributed by atoms with Gasteiger partial charge in [0, 0.05) is 12.1 Å². The molecule has 12 heavy (non-hydrogen) atoms. The standard InChI is InChI=1S/C10H15NO/c1-11-9-2-3-10(11)7-8(6-9)4-5-12/h4-5,9-10H,2-3,6-7H2,1H3. The van der Waals surface area contributed by atoms with Crippen LogP contribution in [0, 0.1) is 0 Å². The van der Waals surface area contributed by atoms with Gasteiger partial charge in [-0.15, -0.1) is 0 Å². The van der Waals surface area contributed by atoms with Crippen LogP contribution in [0.5, 0.6) is 0 Å². The minimum Gasteiger partial charge on any atom is -0.300 e. The average molecular weight is 165 g/mol. The molecular weight excluding hydrogens is 150 g/mol. The van der Waals surface area contributed by atoms with Crippen LogP contribution in [0.1, 0.15) is 25.7 Å². The van der Waals surface area contributed by atoms with E-state index in [1.165, 1.54) is 18.4 Å². The maximum absolute atomic E-state index is 10.3. The summed E-state index contributed by atoms with van der Waals surface area (Å²) in [6.45, 7) is 0. The van der Waals surface area contributed by atoms with Crippen LogP contribution in [0.3, 0.4) is 0 Å². The number of nitrogens with zero attached hydrogens (tertiary/aromatic N) is 1. The summed E-state index contributed by atoms with van der Waals surface area (Å²) in [6.07, 6.45) is 7.56. The molecular formula is C10H15NO. The van der Waals surface area contributed by atoms with Crippen LogP contribution in [-0.4, -0.2) is 30.3 Å². The zero-order valence-corrected chi connectivity index (χ0v) is 7.49. The molecule has 0 radical (unpaired) electrons. The minimum absolute atomic E-state index is 0.718. The molecule has 0 spiro atoms. The first-order chi connectivity index (χ1) is 5.81. The summed E-state index contributed by atoms with van der Waals surface area (Å²) in [7, 11) is 2.21. The highest BCUT2D eigenvalue weighted by Gasteiger charge is 2.35. The maximum atomic E-state index is 10.3. The lowest BCUT2D eigenvalue weighted by Crippen LogP contribution is -2.36. The molecule has 0 saturated carbocycles. The molecule has 2 aliphatic heterocycles. The van der Waals surface area contributed by atoms with Crippen LogP contribution in [0.4, 0.5) is 0 Å². The Kier molecular flexibility index (Phi) is 2.01. The van der Waals surface area contributed by atoms with Gasteiger partial charge in [0.15, 0.2) is 0 Å². The van der Waals surface area contributed by atoms with Crippen molar-refractivity contribution in [2.24, 2.45) is 0 Å². The Hall–Kier alpha value is -0.630. The third-order valence-electron chi connectivity index (χ3n) is 3.28. The first-order valence-corrected chi connectivity index (χ1v) is 4.66. The normalized spacial score (nSPS) is 35.2. The molecule has 0 aromatic rings. The topological polar surface area (TPSA) is 20.3 Å². The van der Waals surface area contributed by atoms with E-state index in [4.69, 9.17) is 0 Å². The number of hydrogen-bond donors (Lipinski definition) is 0. The van der Waals surface area contributed by atoms with Crippen LogP contribution in [0.25, 0.3) is 0 Å². The van der Waals surface area contributed by atoms with E-state index in [-0.39, 0.29) is 0 Å².